The Kier molecular flexibility index (Phi) is 4.94. The summed E-state index contributed by atoms with van der Waals surface area (Å²) in [6.45, 7) is 5.90. The van der Waals surface area contributed by atoms with Crippen LogP contribution in [0.1, 0.15) is 65.2 Å². The lowest BCUT2D eigenvalue weighted by Gasteiger charge is -2.58. The molecule has 0 aromatic heterocycles. The second-order valence-corrected chi connectivity index (χ2v) is 9.74. The Labute approximate surface area is 158 Å². The Morgan fingerprint density at radius 3 is 2.85 bits per heavy atom. The Morgan fingerprint density at radius 1 is 1.19 bits per heavy atom. The number of hydrogen-bond acceptors (Lipinski definition) is 4. The number of allylic oxidation sites excluding steroid dienone is 2. The average molecular weight is 361 g/mol. The van der Waals surface area contributed by atoms with Gasteiger partial charge in [-0.15, -0.1) is 0 Å². The summed E-state index contributed by atoms with van der Waals surface area (Å²) in [5, 5.41) is 14.7. The molecule has 0 aromatic rings. The summed E-state index contributed by atoms with van der Waals surface area (Å²) >= 11 is 0. The predicted octanol–water partition coefficient (Wildman–Crippen LogP) is 3.89. The van der Waals surface area contributed by atoms with E-state index in [4.69, 9.17) is 10.6 Å². The van der Waals surface area contributed by atoms with E-state index in [1.807, 2.05) is 6.21 Å². The molecule has 3 N–H and O–H groups in total. The minimum atomic E-state index is -0.0707. The molecule has 4 heteroatoms. The van der Waals surface area contributed by atoms with Gasteiger partial charge in [-0.05, 0) is 80.0 Å². The van der Waals surface area contributed by atoms with E-state index < -0.39 is 0 Å². The first-order valence-corrected chi connectivity index (χ1v) is 10.7. The van der Waals surface area contributed by atoms with Crippen molar-refractivity contribution in [1.29, 1.82) is 0 Å². The maximum Gasteiger partial charge on any atom is 0.129 e. The highest BCUT2D eigenvalue weighted by Crippen LogP contribution is 2.65. The molecular formula is C22H36N2O2. The highest BCUT2D eigenvalue weighted by atomic mass is 16.6. The lowest BCUT2D eigenvalue weighted by atomic mass is 9.47. The zero-order chi connectivity index (χ0) is 18.4. The molecule has 7 atom stereocenters. The molecule has 0 saturated heterocycles. The largest absolute Gasteiger partial charge is 0.395 e. The molecule has 4 aliphatic carbocycles. The molecule has 7 unspecified atom stereocenters. The molecule has 0 amide bonds. The summed E-state index contributed by atoms with van der Waals surface area (Å²) in [7, 11) is 0. The number of hydrogen-bond donors (Lipinski definition) is 2. The van der Waals surface area contributed by atoms with Gasteiger partial charge in [-0.25, -0.2) is 0 Å². The number of oxime groups is 1. The van der Waals surface area contributed by atoms with Crippen molar-refractivity contribution in [3.05, 3.63) is 11.6 Å². The summed E-state index contributed by atoms with van der Waals surface area (Å²) in [4.78, 5) is 5.19. The molecule has 0 radical (unpaired) electrons. The van der Waals surface area contributed by atoms with Crippen molar-refractivity contribution in [1.82, 2.24) is 0 Å². The van der Waals surface area contributed by atoms with Crippen molar-refractivity contribution < 1.29 is 9.94 Å². The van der Waals surface area contributed by atoms with Gasteiger partial charge in [-0.3, -0.25) is 0 Å². The van der Waals surface area contributed by atoms with Crippen molar-refractivity contribution in [2.24, 2.45) is 45.4 Å². The van der Waals surface area contributed by atoms with Crippen LogP contribution in [0.25, 0.3) is 0 Å². The van der Waals surface area contributed by atoms with Crippen LogP contribution < -0.4 is 5.73 Å². The fourth-order valence-corrected chi connectivity index (χ4v) is 7.07. The molecule has 0 aromatic carbocycles. The van der Waals surface area contributed by atoms with E-state index in [0.717, 1.165) is 24.2 Å². The summed E-state index contributed by atoms with van der Waals surface area (Å²) in [6.07, 6.45) is 14.1. The van der Waals surface area contributed by atoms with Crippen LogP contribution in [0, 0.1) is 34.5 Å². The van der Waals surface area contributed by atoms with Crippen molar-refractivity contribution in [3.8, 4) is 0 Å². The lowest BCUT2D eigenvalue weighted by Crippen LogP contribution is -2.51. The van der Waals surface area contributed by atoms with E-state index in [1.54, 1.807) is 5.57 Å². The van der Waals surface area contributed by atoms with E-state index in [0.29, 0.717) is 24.5 Å². The van der Waals surface area contributed by atoms with Crippen LogP contribution in [0.2, 0.25) is 0 Å². The fraction of sp³-hybridized carbons (Fsp3) is 0.864. The van der Waals surface area contributed by atoms with E-state index in [9.17, 15) is 5.11 Å². The summed E-state index contributed by atoms with van der Waals surface area (Å²) in [5.41, 5.74) is 7.66. The SMILES string of the molecule is CC12CCC(C=NOCCN)C=C1CCC1C2CCC2(C)C(O)CCC12. The minimum Gasteiger partial charge on any atom is -0.395 e. The van der Waals surface area contributed by atoms with E-state index in [2.05, 4.69) is 25.1 Å². The van der Waals surface area contributed by atoms with Crippen LogP contribution in [0.3, 0.4) is 0 Å². The van der Waals surface area contributed by atoms with Gasteiger partial charge < -0.3 is 15.7 Å². The van der Waals surface area contributed by atoms with Crippen molar-refractivity contribution >= 4 is 6.21 Å². The third kappa shape index (κ3) is 2.84. The van der Waals surface area contributed by atoms with Gasteiger partial charge in [0.25, 0.3) is 0 Å². The van der Waals surface area contributed by atoms with Gasteiger partial charge in [-0.2, -0.15) is 0 Å². The third-order valence-electron chi connectivity index (χ3n) is 8.63. The number of rotatable bonds is 4. The molecule has 3 fully saturated rings. The number of nitrogens with two attached hydrogens (primary N) is 1. The second kappa shape index (κ2) is 6.94. The van der Waals surface area contributed by atoms with Crippen molar-refractivity contribution in [3.63, 3.8) is 0 Å². The van der Waals surface area contributed by atoms with Crippen LogP contribution in [0.15, 0.2) is 16.8 Å². The molecule has 26 heavy (non-hydrogen) atoms. The van der Waals surface area contributed by atoms with E-state index in [1.165, 1.54) is 44.9 Å². The van der Waals surface area contributed by atoms with E-state index in [-0.39, 0.29) is 11.5 Å². The van der Waals surface area contributed by atoms with Gasteiger partial charge in [0.15, 0.2) is 0 Å². The van der Waals surface area contributed by atoms with Gasteiger partial charge >= 0.3 is 0 Å². The Bertz CT molecular complexity index is 589. The molecule has 146 valence electrons. The monoisotopic (exact) mass is 360 g/mol. The maximum atomic E-state index is 10.6. The van der Waals surface area contributed by atoms with Gasteiger partial charge in [-0.1, -0.05) is 30.7 Å². The Morgan fingerprint density at radius 2 is 2.04 bits per heavy atom. The van der Waals surface area contributed by atoms with Crippen LogP contribution >= 0.6 is 0 Å². The van der Waals surface area contributed by atoms with Gasteiger partial charge in [0.2, 0.25) is 0 Å². The molecule has 4 aliphatic rings. The molecule has 0 heterocycles. The Hall–Kier alpha value is -0.870. The molecule has 4 rings (SSSR count). The third-order valence-corrected chi connectivity index (χ3v) is 8.63. The number of aliphatic hydroxyl groups is 1. The quantitative estimate of drug-likeness (QED) is 0.346. The van der Waals surface area contributed by atoms with Crippen LogP contribution in [0.5, 0.6) is 0 Å². The van der Waals surface area contributed by atoms with E-state index >= 15 is 0 Å². The number of fused-ring (bicyclic) bond motifs is 5. The standard InChI is InChI=1S/C22H36N2O2/c1-21-9-7-15(14-24-26-12-11-23)13-16(21)3-4-17-18-5-6-20(25)22(18,2)10-8-19(17)21/h13-15,17-20,25H,3-12,23H2,1-2H3. The molecule has 0 spiro atoms. The number of nitrogens with zero attached hydrogens (tertiary/aromatic N) is 1. The molecular weight excluding hydrogens is 324 g/mol. The van der Waals surface area contributed by atoms with Crippen LogP contribution in [-0.2, 0) is 4.84 Å². The van der Waals surface area contributed by atoms with Crippen molar-refractivity contribution in [2.75, 3.05) is 13.2 Å². The van der Waals surface area contributed by atoms with Gasteiger partial charge in [0.05, 0.1) is 12.3 Å². The highest BCUT2D eigenvalue weighted by Gasteiger charge is 2.58. The van der Waals surface area contributed by atoms with Crippen molar-refractivity contribution in [2.45, 2.75) is 71.3 Å². The summed E-state index contributed by atoms with van der Waals surface area (Å²) in [6, 6.07) is 0. The second-order valence-electron chi connectivity index (χ2n) is 9.74. The van der Waals surface area contributed by atoms with Gasteiger partial charge in [0.1, 0.15) is 6.61 Å². The first-order chi connectivity index (χ1) is 12.5. The van der Waals surface area contributed by atoms with Crippen LogP contribution in [-0.4, -0.2) is 30.6 Å². The van der Waals surface area contributed by atoms with Crippen LogP contribution in [0.4, 0.5) is 0 Å². The summed E-state index contributed by atoms with van der Waals surface area (Å²) < 4.78 is 0. The summed E-state index contributed by atoms with van der Waals surface area (Å²) in [5.74, 6) is 2.76. The average Bonchev–Trinajstić information content (AvgIpc) is 2.94. The topological polar surface area (TPSA) is 67.8 Å². The lowest BCUT2D eigenvalue weighted by molar-refractivity contribution is -0.0741. The van der Waals surface area contributed by atoms with Gasteiger partial charge in [0, 0.05) is 12.5 Å². The first kappa shape index (κ1) is 18.5. The first-order valence-electron chi connectivity index (χ1n) is 10.7. The zero-order valence-electron chi connectivity index (χ0n) is 16.5. The zero-order valence-corrected chi connectivity index (χ0v) is 16.5. The molecule has 0 aliphatic heterocycles. The molecule has 3 saturated carbocycles. The predicted molar refractivity (Wildman–Crippen MR) is 105 cm³/mol. The normalized spacial score (nSPS) is 47.8. The fourth-order valence-electron chi connectivity index (χ4n) is 7.07. The number of aliphatic hydroxyl groups excluding tert-OH is 1. The Balaban J connectivity index is 1.51. The highest BCUT2D eigenvalue weighted by molar-refractivity contribution is 5.63. The molecule has 4 nitrogen and oxygen atoms in total. The molecule has 0 bridgehead atoms. The maximum absolute atomic E-state index is 10.6. The minimum absolute atomic E-state index is 0.0707. The smallest absolute Gasteiger partial charge is 0.129 e.